The molecule has 0 saturated heterocycles. The van der Waals surface area contributed by atoms with Gasteiger partial charge in [-0.3, -0.25) is 4.79 Å². The summed E-state index contributed by atoms with van der Waals surface area (Å²) in [5, 5.41) is 27.7. The number of halogens is 2. The van der Waals surface area contributed by atoms with Crippen LogP contribution in [0.5, 0.6) is 0 Å². The van der Waals surface area contributed by atoms with Crippen molar-refractivity contribution in [2.45, 2.75) is 50.0 Å². The van der Waals surface area contributed by atoms with E-state index >= 15 is 0 Å². The monoisotopic (exact) mass is 559 g/mol. The van der Waals surface area contributed by atoms with Gasteiger partial charge in [0.25, 0.3) is 0 Å². The molecule has 4 N–H and O–H groups in total. The predicted octanol–water partition coefficient (Wildman–Crippen LogP) is 2.29. The summed E-state index contributed by atoms with van der Waals surface area (Å²) in [4.78, 5) is 30.5. The van der Waals surface area contributed by atoms with E-state index in [2.05, 4.69) is 42.4 Å². The van der Waals surface area contributed by atoms with Crippen molar-refractivity contribution < 1.29 is 23.8 Å². The number of fused-ring (bicyclic) bond motifs is 1. The Kier molecular flexibility index (Phi) is 6.63. The molecule has 3 heterocycles. The van der Waals surface area contributed by atoms with Gasteiger partial charge in [0.2, 0.25) is 11.7 Å². The molecule has 1 amide bonds. The molecule has 2 aliphatic rings. The highest BCUT2D eigenvalue weighted by atomic mass is 19.2. The summed E-state index contributed by atoms with van der Waals surface area (Å²) in [5.41, 5.74) is 0.728. The lowest BCUT2D eigenvalue weighted by molar-refractivity contribution is -0.136. The van der Waals surface area contributed by atoms with Crippen molar-refractivity contribution in [1.29, 1.82) is 0 Å². The van der Waals surface area contributed by atoms with E-state index in [1.165, 1.54) is 19.4 Å². The molecule has 1 aromatic carbocycles. The SMILES string of the molecule is CNC(=O)C1(C)C[C@@H](n2cnc3c(NC4CC4c4ccc(F)c(F)c4)nc(C#Cc4ccccn4)nc32)[C@H](O)[C@@H]1O. The van der Waals surface area contributed by atoms with Gasteiger partial charge in [-0.15, -0.1) is 0 Å². The van der Waals surface area contributed by atoms with Gasteiger partial charge in [0.15, 0.2) is 28.6 Å². The minimum Gasteiger partial charge on any atom is -0.389 e. The van der Waals surface area contributed by atoms with Crippen LogP contribution in [0.2, 0.25) is 0 Å². The topological polar surface area (TPSA) is 138 Å². The summed E-state index contributed by atoms with van der Waals surface area (Å²) in [7, 11) is 1.48. The summed E-state index contributed by atoms with van der Waals surface area (Å²) >= 11 is 0. The number of rotatable bonds is 5. The molecule has 0 spiro atoms. The van der Waals surface area contributed by atoms with E-state index in [4.69, 9.17) is 0 Å². The van der Waals surface area contributed by atoms with Crippen molar-refractivity contribution in [3.8, 4) is 11.8 Å². The van der Waals surface area contributed by atoms with E-state index in [-0.39, 0.29) is 30.1 Å². The third kappa shape index (κ3) is 4.77. The van der Waals surface area contributed by atoms with E-state index in [0.29, 0.717) is 34.7 Å². The molecule has 210 valence electrons. The van der Waals surface area contributed by atoms with Gasteiger partial charge < -0.3 is 25.4 Å². The summed E-state index contributed by atoms with van der Waals surface area (Å²) in [6.45, 7) is 1.61. The van der Waals surface area contributed by atoms with Crippen LogP contribution < -0.4 is 10.6 Å². The highest BCUT2D eigenvalue weighted by molar-refractivity contribution is 5.85. The van der Waals surface area contributed by atoms with Gasteiger partial charge in [0, 0.05) is 25.2 Å². The molecule has 4 aromatic rings. The molecule has 2 aliphatic carbocycles. The Morgan fingerprint density at radius 2 is 1.95 bits per heavy atom. The van der Waals surface area contributed by atoms with E-state index in [0.717, 1.165) is 6.07 Å². The second-order valence-electron chi connectivity index (χ2n) is 10.7. The maximum Gasteiger partial charge on any atom is 0.228 e. The standard InChI is InChI=1S/C29H27F2N7O3/c1-29(28(41)32-2)13-21(24(39)25(29)40)38-14-34-23-26(35-20-12-17(20)15-6-8-18(30)19(31)11-15)36-22(37-27(23)38)9-7-16-5-3-4-10-33-16/h3-6,8,10-11,14,17,20-21,24-25,39-40H,12-13H2,1-2H3,(H,32,41)(H,35,36,37)/t17?,20?,21-,24+,25+,29?/m1/s1. The van der Waals surface area contributed by atoms with E-state index in [9.17, 15) is 23.8 Å². The number of aliphatic hydroxyl groups is 2. The molecule has 3 unspecified atom stereocenters. The molecule has 3 aromatic heterocycles. The Bertz CT molecular complexity index is 1700. The lowest BCUT2D eigenvalue weighted by Gasteiger charge is -2.26. The lowest BCUT2D eigenvalue weighted by Crippen LogP contribution is -2.45. The van der Waals surface area contributed by atoms with Crippen LogP contribution in [0.15, 0.2) is 48.9 Å². The van der Waals surface area contributed by atoms with Crippen molar-refractivity contribution in [2.75, 3.05) is 12.4 Å². The minimum atomic E-state index is -1.31. The van der Waals surface area contributed by atoms with Crippen molar-refractivity contribution >= 4 is 22.9 Å². The average molecular weight is 560 g/mol. The number of aliphatic hydroxyl groups excluding tert-OH is 2. The van der Waals surface area contributed by atoms with Crippen LogP contribution in [-0.4, -0.2) is 65.9 Å². The summed E-state index contributed by atoms with van der Waals surface area (Å²) in [6, 6.07) is 8.40. The molecule has 0 aliphatic heterocycles. The Labute approximate surface area is 233 Å². The second kappa shape index (κ2) is 10.2. The van der Waals surface area contributed by atoms with Crippen molar-refractivity contribution in [3.05, 3.63) is 77.6 Å². The molecule has 2 fully saturated rings. The van der Waals surface area contributed by atoms with E-state index in [1.807, 2.05) is 6.07 Å². The average Bonchev–Trinajstić information content (AvgIpc) is 3.55. The smallest absolute Gasteiger partial charge is 0.228 e. The molecule has 0 bridgehead atoms. The molecule has 10 nitrogen and oxygen atoms in total. The number of nitrogens with zero attached hydrogens (tertiary/aromatic N) is 5. The molecule has 0 radical (unpaired) electrons. The molecular formula is C29H27F2N7O3. The first-order chi connectivity index (χ1) is 19.7. The fraction of sp³-hybridized carbons (Fsp3) is 0.345. The predicted molar refractivity (Wildman–Crippen MR) is 145 cm³/mol. The van der Waals surface area contributed by atoms with Crippen LogP contribution in [-0.2, 0) is 4.79 Å². The zero-order valence-electron chi connectivity index (χ0n) is 22.2. The number of hydrogen-bond donors (Lipinski definition) is 4. The van der Waals surface area contributed by atoms with Crippen molar-refractivity contribution in [3.63, 3.8) is 0 Å². The Balaban J connectivity index is 1.38. The number of pyridine rings is 1. The first kappa shape index (κ1) is 26.7. The molecule has 41 heavy (non-hydrogen) atoms. The number of carbonyl (C=O) groups is 1. The number of hydrogen-bond acceptors (Lipinski definition) is 8. The quantitative estimate of drug-likeness (QED) is 0.273. The lowest BCUT2D eigenvalue weighted by atomic mass is 9.85. The zero-order valence-corrected chi connectivity index (χ0v) is 22.2. The first-order valence-electron chi connectivity index (χ1n) is 13.2. The number of imidazole rings is 1. The van der Waals surface area contributed by atoms with Gasteiger partial charge in [-0.2, -0.15) is 0 Å². The van der Waals surface area contributed by atoms with Crippen LogP contribution in [0, 0.1) is 28.9 Å². The third-order valence-electron chi connectivity index (χ3n) is 7.98. The normalized spacial score (nSPS) is 26.8. The Hall–Kier alpha value is -4.47. The first-order valence-corrected chi connectivity index (χ1v) is 13.2. The van der Waals surface area contributed by atoms with Gasteiger partial charge in [-0.1, -0.05) is 12.1 Å². The number of amides is 1. The second-order valence-corrected chi connectivity index (χ2v) is 10.7. The van der Waals surface area contributed by atoms with E-state index < -0.39 is 35.3 Å². The number of nitrogens with one attached hydrogen (secondary N) is 2. The molecule has 12 heteroatoms. The molecule has 6 rings (SSSR count). The van der Waals surface area contributed by atoms with Crippen LogP contribution in [0.1, 0.15) is 48.8 Å². The van der Waals surface area contributed by atoms with Gasteiger partial charge >= 0.3 is 0 Å². The van der Waals surface area contributed by atoms with Gasteiger partial charge in [0.05, 0.1) is 23.9 Å². The maximum atomic E-state index is 13.8. The van der Waals surface area contributed by atoms with Gasteiger partial charge in [-0.25, -0.2) is 28.7 Å². The summed E-state index contributed by atoms with van der Waals surface area (Å²) < 4.78 is 28.9. The fourth-order valence-corrected chi connectivity index (χ4v) is 5.55. The van der Waals surface area contributed by atoms with Crippen LogP contribution >= 0.6 is 0 Å². The third-order valence-corrected chi connectivity index (χ3v) is 7.98. The summed E-state index contributed by atoms with van der Waals surface area (Å²) in [6.07, 6.45) is 1.36. The highest BCUT2D eigenvalue weighted by Crippen LogP contribution is 2.46. The van der Waals surface area contributed by atoms with Crippen molar-refractivity contribution in [2.24, 2.45) is 5.41 Å². The fourth-order valence-electron chi connectivity index (χ4n) is 5.55. The van der Waals surface area contributed by atoms with Crippen LogP contribution in [0.25, 0.3) is 11.2 Å². The largest absolute Gasteiger partial charge is 0.389 e. The summed E-state index contributed by atoms with van der Waals surface area (Å²) in [5.74, 6) is 4.19. The number of benzene rings is 1. The minimum absolute atomic E-state index is 0.0553. The molecule has 6 atom stereocenters. The Morgan fingerprint density at radius 3 is 2.68 bits per heavy atom. The van der Waals surface area contributed by atoms with Crippen molar-refractivity contribution in [1.82, 2.24) is 29.8 Å². The Morgan fingerprint density at radius 1 is 1.12 bits per heavy atom. The zero-order chi connectivity index (χ0) is 28.9. The molecule has 2 saturated carbocycles. The highest BCUT2D eigenvalue weighted by Gasteiger charge is 2.55. The van der Waals surface area contributed by atoms with E-state index in [1.54, 1.807) is 35.9 Å². The van der Waals surface area contributed by atoms with Gasteiger partial charge in [0.1, 0.15) is 11.8 Å². The van der Waals surface area contributed by atoms with Gasteiger partial charge in [-0.05, 0) is 61.4 Å². The maximum absolute atomic E-state index is 13.8. The van der Waals surface area contributed by atoms with Crippen LogP contribution in [0.4, 0.5) is 14.6 Å². The number of anilines is 1. The molecular weight excluding hydrogens is 532 g/mol. The number of aromatic nitrogens is 5. The van der Waals surface area contributed by atoms with Crippen LogP contribution in [0.3, 0.4) is 0 Å². The number of carbonyl (C=O) groups excluding carboxylic acids is 1.